The number of halogens is 1. The number of carbonyl (C=O) groups excluding carboxylic acids is 1. The minimum atomic E-state index is -4.31. The number of benzene rings is 2. The van der Waals surface area contributed by atoms with Crippen LogP contribution >= 0.6 is 0 Å². The molecule has 3 heterocycles. The first kappa shape index (κ1) is 30.0. The van der Waals surface area contributed by atoms with Gasteiger partial charge in [-0.2, -0.15) is 8.42 Å². The van der Waals surface area contributed by atoms with E-state index in [4.69, 9.17) is 15.5 Å². The van der Waals surface area contributed by atoms with Crippen molar-refractivity contribution >= 4 is 27.6 Å². The Labute approximate surface area is 251 Å². The third-order valence-electron chi connectivity index (χ3n) is 7.07. The summed E-state index contributed by atoms with van der Waals surface area (Å²) in [6, 6.07) is 21.8. The summed E-state index contributed by atoms with van der Waals surface area (Å²) in [4.78, 5) is 24.1. The Balaban J connectivity index is 1.48. The maximum absolute atomic E-state index is 14.6. The molecule has 0 radical (unpaired) electrons. The summed E-state index contributed by atoms with van der Waals surface area (Å²) < 4.78 is 48.5. The Morgan fingerprint density at radius 1 is 1.07 bits per heavy atom. The van der Waals surface area contributed by atoms with E-state index in [1.165, 1.54) is 42.0 Å². The third-order valence-corrected chi connectivity index (χ3v) is 8.30. The van der Waals surface area contributed by atoms with Crippen LogP contribution in [0.4, 0.5) is 16.0 Å². The van der Waals surface area contributed by atoms with Gasteiger partial charge in [-0.25, -0.2) is 19.1 Å². The van der Waals surface area contributed by atoms with Crippen molar-refractivity contribution in [2.45, 2.75) is 31.7 Å². The van der Waals surface area contributed by atoms with Crippen LogP contribution in [0.3, 0.4) is 0 Å². The predicted octanol–water partition coefficient (Wildman–Crippen LogP) is 5.09. The number of pyridine rings is 2. The zero-order valence-electron chi connectivity index (χ0n) is 24.0. The normalized spacial score (nSPS) is 15.1. The molecule has 224 valence electrons. The second-order valence-corrected chi connectivity index (χ2v) is 12.7. The number of nitrogen functional groups attached to an aromatic ring is 1. The third kappa shape index (κ3) is 7.47. The molecule has 43 heavy (non-hydrogen) atoms. The first-order valence-electron chi connectivity index (χ1n) is 14.1. The number of nitrogens with zero attached hydrogens (tertiary/aromatic N) is 3. The number of anilines is 2. The average Bonchev–Trinajstić information content (AvgIpc) is 3.44. The fraction of sp³-hybridized carbons (Fsp3) is 0.281. The van der Waals surface area contributed by atoms with Gasteiger partial charge in [0.15, 0.2) is 5.03 Å². The Morgan fingerprint density at radius 3 is 2.60 bits per heavy atom. The molecule has 1 aliphatic rings. The SMILES string of the molecule is CC(C)COc1cc(F)cc(-c2ccc(C(=O)NS(=O)(=O)c3cccc(N)n3)c(N3CCC(Cc4ccccc4)C3)n2)c1. The van der Waals surface area contributed by atoms with E-state index in [1.807, 2.05) is 36.9 Å². The molecule has 0 spiro atoms. The van der Waals surface area contributed by atoms with Crippen molar-refractivity contribution in [2.75, 3.05) is 30.3 Å². The molecule has 3 N–H and O–H groups in total. The Bertz CT molecular complexity index is 1720. The van der Waals surface area contributed by atoms with E-state index in [0.29, 0.717) is 48.4 Å². The van der Waals surface area contributed by atoms with E-state index in [2.05, 4.69) is 21.8 Å². The van der Waals surface area contributed by atoms with E-state index >= 15 is 0 Å². The highest BCUT2D eigenvalue weighted by Gasteiger charge is 2.29. The largest absolute Gasteiger partial charge is 0.493 e. The van der Waals surface area contributed by atoms with Crippen LogP contribution in [0.25, 0.3) is 11.3 Å². The smallest absolute Gasteiger partial charge is 0.281 e. The molecule has 0 saturated carbocycles. The zero-order valence-corrected chi connectivity index (χ0v) is 24.9. The summed E-state index contributed by atoms with van der Waals surface area (Å²) in [6.07, 6.45) is 1.72. The summed E-state index contributed by atoms with van der Waals surface area (Å²) in [6.45, 7) is 5.65. The van der Waals surface area contributed by atoms with Crippen LogP contribution in [0, 0.1) is 17.7 Å². The molecule has 1 amide bonds. The molecule has 1 atom stereocenters. The second kappa shape index (κ2) is 12.8. The van der Waals surface area contributed by atoms with Crippen LogP contribution in [0.1, 0.15) is 36.2 Å². The lowest BCUT2D eigenvalue weighted by Gasteiger charge is -2.22. The maximum atomic E-state index is 14.6. The fourth-order valence-electron chi connectivity index (χ4n) is 5.03. The van der Waals surface area contributed by atoms with Gasteiger partial charge in [-0.05, 0) is 66.6 Å². The Morgan fingerprint density at radius 2 is 1.86 bits per heavy atom. The number of amides is 1. The molecule has 0 aliphatic carbocycles. The van der Waals surface area contributed by atoms with Gasteiger partial charge in [0.2, 0.25) is 0 Å². The van der Waals surface area contributed by atoms with Gasteiger partial charge in [0.25, 0.3) is 15.9 Å². The number of sulfonamides is 1. The number of hydrogen-bond acceptors (Lipinski definition) is 8. The summed E-state index contributed by atoms with van der Waals surface area (Å²) in [5.74, 6) is -0.0817. The van der Waals surface area contributed by atoms with E-state index < -0.39 is 21.7 Å². The quantitative estimate of drug-likeness (QED) is 0.257. The molecule has 2 aromatic heterocycles. The van der Waals surface area contributed by atoms with E-state index in [0.717, 1.165) is 12.8 Å². The van der Waals surface area contributed by atoms with Crippen LogP contribution in [0.15, 0.2) is 83.9 Å². The maximum Gasteiger partial charge on any atom is 0.281 e. The fourth-order valence-corrected chi connectivity index (χ4v) is 5.98. The molecular weight excluding hydrogens is 569 g/mol. The van der Waals surface area contributed by atoms with Gasteiger partial charge < -0.3 is 15.4 Å². The monoisotopic (exact) mass is 603 g/mol. The molecule has 1 aliphatic heterocycles. The second-order valence-electron chi connectivity index (χ2n) is 11.1. The van der Waals surface area contributed by atoms with Gasteiger partial charge in [-0.1, -0.05) is 50.2 Å². The minimum absolute atomic E-state index is 0.00962. The topological polar surface area (TPSA) is 128 Å². The number of hydrogen-bond donors (Lipinski definition) is 2. The van der Waals surface area contributed by atoms with Crippen molar-refractivity contribution < 1.29 is 22.3 Å². The van der Waals surface area contributed by atoms with E-state index in [-0.39, 0.29) is 22.3 Å². The molecular formula is C32H34FN5O4S. The molecule has 2 aromatic carbocycles. The Hall–Kier alpha value is -4.51. The van der Waals surface area contributed by atoms with E-state index in [1.54, 1.807) is 12.1 Å². The van der Waals surface area contributed by atoms with Gasteiger partial charge in [-0.3, -0.25) is 4.79 Å². The zero-order chi connectivity index (χ0) is 30.6. The minimum Gasteiger partial charge on any atom is -0.493 e. The van der Waals surface area contributed by atoms with Crippen molar-refractivity contribution in [3.63, 3.8) is 0 Å². The van der Waals surface area contributed by atoms with Crippen LogP contribution in [-0.2, 0) is 16.4 Å². The van der Waals surface area contributed by atoms with Crippen molar-refractivity contribution in [2.24, 2.45) is 11.8 Å². The van der Waals surface area contributed by atoms with Crippen LogP contribution < -0.4 is 20.1 Å². The lowest BCUT2D eigenvalue weighted by Crippen LogP contribution is -2.33. The predicted molar refractivity (Wildman–Crippen MR) is 164 cm³/mol. The van der Waals surface area contributed by atoms with Crippen molar-refractivity contribution in [3.8, 4) is 17.0 Å². The lowest BCUT2D eigenvalue weighted by atomic mass is 9.99. The molecule has 0 bridgehead atoms. The molecule has 11 heteroatoms. The van der Waals surface area contributed by atoms with Gasteiger partial charge in [0, 0.05) is 24.7 Å². The first-order valence-corrected chi connectivity index (χ1v) is 15.6. The number of aromatic nitrogens is 2. The number of ether oxygens (including phenoxy) is 1. The van der Waals surface area contributed by atoms with Gasteiger partial charge in [0.1, 0.15) is 23.2 Å². The molecule has 1 saturated heterocycles. The highest BCUT2D eigenvalue weighted by Crippen LogP contribution is 2.32. The van der Waals surface area contributed by atoms with Crippen LogP contribution in [0.2, 0.25) is 0 Å². The van der Waals surface area contributed by atoms with Crippen LogP contribution in [0.5, 0.6) is 5.75 Å². The highest BCUT2D eigenvalue weighted by atomic mass is 32.2. The van der Waals surface area contributed by atoms with Crippen molar-refractivity contribution in [1.29, 1.82) is 0 Å². The average molecular weight is 604 g/mol. The molecule has 1 fully saturated rings. The summed E-state index contributed by atoms with van der Waals surface area (Å²) >= 11 is 0. The Kier molecular flexibility index (Phi) is 8.91. The summed E-state index contributed by atoms with van der Waals surface area (Å²) in [7, 11) is -4.31. The van der Waals surface area contributed by atoms with Gasteiger partial charge in [0.05, 0.1) is 17.9 Å². The lowest BCUT2D eigenvalue weighted by molar-refractivity contribution is 0.0981. The number of nitrogens with one attached hydrogen (secondary N) is 1. The molecule has 9 nitrogen and oxygen atoms in total. The van der Waals surface area contributed by atoms with Gasteiger partial charge in [-0.15, -0.1) is 0 Å². The highest BCUT2D eigenvalue weighted by molar-refractivity contribution is 7.90. The van der Waals surface area contributed by atoms with E-state index in [9.17, 15) is 17.6 Å². The number of carbonyl (C=O) groups is 1. The summed E-state index contributed by atoms with van der Waals surface area (Å²) in [5.41, 5.74) is 7.84. The van der Waals surface area contributed by atoms with Crippen molar-refractivity contribution in [1.82, 2.24) is 14.7 Å². The molecule has 4 aromatic rings. The number of nitrogens with two attached hydrogens (primary N) is 1. The molecule has 1 unspecified atom stereocenters. The molecule has 5 rings (SSSR count). The first-order chi connectivity index (χ1) is 20.6. The summed E-state index contributed by atoms with van der Waals surface area (Å²) in [5, 5.41) is -0.371. The standard InChI is InChI=1S/C32H34FN5O4S/c1-21(2)20-42-26-17-24(16-25(33)18-26)28-12-11-27(32(39)37-43(40,41)30-10-6-9-29(34)36-30)31(35-28)38-14-13-23(19-38)15-22-7-4-3-5-8-22/h3-12,16-18,21,23H,13-15,19-20H2,1-2H3,(H2,34,36)(H,37,39). The van der Waals surface area contributed by atoms with Gasteiger partial charge >= 0.3 is 0 Å². The number of rotatable bonds is 10. The van der Waals surface area contributed by atoms with Crippen LogP contribution in [-0.4, -0.2) is 44.0 Å². The van der Waals surface area contributed by atoms with Crippen molar-refractivity contribution in [3.05, 3.63) is 95.8 Å².